The molecule has 6 heteroatoms. The fourth-order valence-electron chi connectivity index (χ4n) is 2.03. The number of thiocarbonyl (C=S) groups is 1. The van der Waals surface area contributed by atoms with Gasteiger partial charge in [-0.05, 0) is 48.7 Å². The summed E-state index contributed by atoms with van der Waals surface area (Å²) in [7, 11) is 1.70. The highest BCUT2D eigenvalue weighted by atomic mass is 79.9. The third-order valence-corrected chi connectivity index (χ3v) is 3.91. The normalized spacial score (nSPS) is 15.5. The van der Waals surface area contributed by atoms with Crippen LogP contribution in [0.15, 0.2) is 28.7 Å². The van der Waals surface area contributed by atoms with E-state index in [9.17, 15) is 4.79 Å². The number of hydrogen-bond acceptors (Lipinski definition) is 2. The molecule has 1 atom stereocenters. The molecule has 0 aliphatic heterocycles. The Morgan fingerprint density at radius 2 is 2.16 bits per heavy atom. The Morgan fingerprint density at radius 3 is 2.74 bits per heavy atom. The maximum Gasteiger partial charge on any atom is 0.246 e. The monoisotopic (exact) mass is 341 g/mol. The van der Waals surface area contributed by atoms with Gasteiger partial charge in [0.1, 0.15) is 0 Å². The van der Waals surface area contributed by atoms with Crippen LogP contribution in [-0.2, 0) is 4.79 Å². The van der Waals surface area contributed by atoms with Gasteiger partial charge in [-0.25, -0.2) is 0 Å². The first-order valence-electron chi connectivity index (χ1n) is 6.15. The first-order chi connectivity index (χ1) is 9.11. The maximum absolute atomic E-state index is 12.3. The molecule has 0 heterocycles. The van der Waals surface area contributed by atoms with E-state index in [-0.39, 0.29) is 11.8 Å². The van der Waals surface area contributed by atoms with E-state index in [1.165, 1.54) is 0 Å². The van der Waals surface area contributed by atoms with Crippen molar-refractivity contribution in [2.75, 3.05) is 7.05 Å². The molecule has 0 spiro atoms. The first-order valence-corrected chi connectivity index (χ1v) is 7.35. The number of hydrazine groups is 1. The van der Waals surface area contributed by atoms with Crippen LogP contribution in [0.5, 0.6) is 0 Å². The van der Waals surface area contributed by atoms with Crippen molar-refractivity contribution in [1.29, 1.82) is 0 Å². The Kier molecular flexibility index (Phi) is 4.76. The summed E-state index contributed by atoms with van der Waals surface area (Å²) >= 11 is 8.38. The maximum atomic E-state index is 12.3. The second-order valence-corrected chi connectivity index (χ2v) is 5.89. The Balaban J connectivity index is 2.08. The molecule has 102 valence electrons. The number of hydrogen-bond donors (Lipinski definition) is 3. The highest BCUT2D eigenvalue weighted by molar-refractivity contribution is 9.10. The van der Waals surface area contributed by atoms with Crippen molar-refractivity contribution < 1.29 is 4.79 Å². The molecule has 2 rings (SSSR count). The standard InChI is InChI=1S/C13H16BrN3OS/c1-15-13(19)17-16-12(18)11(8-5-6-8)9-3-2-4-10(14)7-9/h2-4,7-8,11H,5-6H2,1H3,(H,16,18)(H2,15,17,19). The molecule has 1 aliphatic carbocycles. The Bertz CT molecular complexity index is 491. The zero-order valence-corrected chi connectivity index (χ0v) is 13.0. The first kappa shape index (κ1) is 14.3. The molecule has 1 amide bonds. The van der Waals surface area contributed by atoms with Crippen LogP contribution in [0.1, 0.15) is 24.3 Å². The smallest absolute Gasteiger partial charge is 0.246 e. The van der Waals surface area contributed by atoms with Crippen molar-refractivity contribution >= 4 is 39.2 Å². The summed E-state index contributed by atoms with van der Waals surface area (Å²) in [5.74, 6) is 0.266. The van der Waals surface area contributed by atoms with Crippen molar-refractivity contribution in [1.82, 2.24) is 16.2 Å². The van der Waals surface area contributed by atoms with E-state index in [4.69, 9.17) is 12.2 Å². The van der Waals surface area contributed by atoms with Crippen molar-refractivity contribution in [2.24, 2.45) is 5.92 Å². The molecule has 1 unspecified atom stereocenters. The van der Waals surface area contributed by atoms with E-state index in [0.29, 0.717) is 11.0 Å². The van der Waals surface area contributed by atoms with E-state index in [2.05, 4.69) is 32.1 Å². The number of halogens is 1. The van der Waals surface area contributed by atoms with E-state index in [1.54, 1.807) is 7.05 Å². The molecular weight excluding hydrogens is 326 g/mol. The van der Waals surface area contributed by atoms with Gasteiger partial charge in [0.25, 0.3) is 0 Å². The predicted molar refractivity (Wildman–Crippen MR) is 82.5 cm³/mol. The molecule has 0 saturated heterocycles. The lowest BCUT2D eigenvalue weighted by molar-refractivity contribution is -0.123. The zero-order valence-electron chi connectivity index (χ0n) is 10.6. The molecule has 1 aromatic rings. The van der Waals surface area contributed by atoms with Gasteiger partial charge in [-0.3, -0.25) is 15.6 Å². The SMILES string of the molecule is CNC(=S)NNC(=O)C(c1cccc(Br)c1)C1CC1. The van der Waals surface area contributed by atoms with Crippen molar-refractivity contribution in [3.8, 4) is 0 Å². The fraction of sp³-hybridized carbons (Fsp3) is 0.385. The lowest BCUT2D eigenvalue weighted by Gasteiger charge is -2.18. The number of amides is 1. The Hall–Kier alpha value is -1.14. The topological polar surface area (TPSA) is 53.2 Å². The summed E-state index contributed by atoms with van der Waals surface area (Å²) in [6.07, 6.45) is 2.20. The van der Waals surface area contributed by atoms with Gasteiger partial charge in [0.05, 0.1) is 5.92 Å². The van der Waals surface area contributed by atoms with Crippen LogP contribution >= 0.6 is 28.1 Å². The van der Waals surface area contributed by atoms with Gasteiger partial charge in [0.2, 0.25) is 5.91 Å². The van der Waals surface area contributed by atoms with Gasteiger partial charge in [-0.15, -0.1) is 0 Å². The molecule has 0 aromatic heterocycles. The molecular formula is C13H16BrN3OS. The number of benzene rings is 1. The minimum atomic E-state index is -0.121. The average Bonchev–Trinajstić information content (AvgIpc) is 3.21. The third-order valence-electron chi connectivity index (χ3n) is 3.11. The van der Waals surface area contributed by atoms with E-state index < -0.39 is 0 Å². The van der Waals surface area contributed by atoms with Crippen molar-refractivity contribution in [3.05, 3.63) is 34.3 Å². The summed E-state index contributed by atoms with van der Waals surface area (Å²) in [4.78, 5) is 12.3. The minimum absolute atomic E-state index is 0.0433. The van der Waals surface area contributed by atoms with E-state index in [1.807, 2.05) is 24.3 Å². The van der Waals surface area contributed by atoms with Gasteiger partial charge in [-0.2, -0.15) is 0 Å². The molecule has 19 heavy (non-hydrogen) atoms. The van der Waals surface area contributed by atoms with Gasteiger partial charge in [-0.1, -0.05) is 28.1 Å². The van der Waals surface area contributed by atoms with Crippen LogP contribution in [-0.4, -0.2) is 18.1 Å². The Labute approximate surface area is 126 Å². The molecule has 1 fully saturated rings. The van der Waals surface area contributed by atoms with Crippen LogP contribution in [0, 0.1) is 5.92 Å². The quantitative estimate of drug-likeness (QED) is 0.582. The fourth-order valence-corrected chi connectivity index (χ4v) is 2.49. The molecule has 1 saturated carbocycles. The Morgan fingerprint density at radius 1 is 1.42 bits per heavy atom. The second kappa shape index (κ2) is 6.34. The van der Waals surface area contributed by atoms with Crippen molar-refractivity contribution in [2.45, 2.75) is 18.8 Å². The van der Waals surface area contributed by atoms with Crippen LogP contribution in [0.3, 0.4) is 0 Å². The molecule has 3 N–H and O–H groups in total. The van der Waals surface area contributed by atoms with Crippen LogP contribution in [0.4, 0.5) is 0 Å². The highest BCUT2D eigenvalue weighted by Crippen LogP contribution is 2.43. The number of carbonyl (C=O) groups is 1. The molecule has 4 nitrogen and oxygen atoms in total. The average molecular weight is 342 g/mol. The second-order valence-electron chi connectivity index (χ2n) is 4.56. The lowest BCUT2D eigenvalue weighted by atomic mass is 9.93. The predicted octanol–water partition coefficient (Wildman–Crippen LogP) is 2.07. The summed E-state index contributed by atoms with van der Waals surface area (Å²) in [6.45, 7) is 0. The van der Waals surface area contributed by atoms with Gasteiger partial charge in [0.15, 0.2) is 5.11 Å². The molecule has 0 bridgehead atoms. The summed E-state index contributed by atoms with van der Waals surface area (Å²) in [5.41, 5.74) is 6.39. The van der Waals surface area contributed by atoms with Gasteiger partial charge < -0.3 is 5.32 Å². The largest absolute Gasteiger partial charge is 0.364 e. The molecule has 1 aliphatic rings. The lowest BCUT2D eigenvalue weighted by Crippen LogP contribution is -2.47. The zero-order chi connectivity index (χ0) is 13.8. The molecule has 0 radical (unpaired) electrons. The van der Waals surface area contributed by atoms with E-state index >= 15 is 0 Å². The third kappa shape index (κ3) is 3.91. The number of nitrogens with one attached hydrogen (secondary N) is 3. The van der Waals surface area contributed by atoms with Gasteiger partial charge in [0, 0.05) is 11.5 Å². The summed E-state index contributed by atoms with van der Waals surface area (Å²) in [5, 5.41) is 3.15. The molecule has 1 aromatic carbocycles. The summed E-state index contributed by atoms with van der Waals surface area (Å²) in [6, 6.07) is 7.90. The van der Waals surface area contributed by atoms with Crippen LogP contribution in [0.2, 0.25) is 0 Å². The van der Waals surface area contributed by atoms with Crippen LogP contribution < -0.4 is 16.2 Å². The summed E-state index contributed by atoms with van der Waals surface area (Å²) < 4.78 is 0.988. The number of rotatable bonds is 3. The number of carbonyl (C=O) groups excluding carboxylic acids is 1. The van der Waals surface area contributed by atoms with Crippen LogP contribution in [0.25, 0.3) is 0 Å². The van der Waals surface area contributed by atoms with E-state index in [0.717, 1.165) is 22.9 Å². The van der Waals surface area contributed by atoms with Gasteiger partial charge >= 0.3 is 0 Å². The van der Waals surface area contributed by atoms with Crippen molar-refractivity contribution in [3.63, 3.8) is 0 Å². The highest BCUT2D eigenvalue weighted by Gasteiger charge is 2.37. The minimum Gasteiger partial charge on any atom is -0.364 e.